The van der Waals surface area contributed by atoms with Crippen LogP contribution in [0.5, 0.6) is 0 Å². The fourth-order valence-corrected chi connectivity index (χ4v) is 3.02. The van der Waals surface area contributed by atoms with E-state index in [0.717, 1.165) is 24.2 Å². The van der Waals surface area contributed by atoms with Crippen LogP contribution in [-0.4, -0.2) is 12.5 Å². The highest BCUT2D eigenvalue weighted by Gasteiger charge is 2.21. The van der Waals surface area contributed by atoms with Gasteiger partial charge in [-0.15, -0.1) is 0 Å². The first-order valence-electron chi connectivity index (χ1n) is 7.50. The van der Waals surface area contributed by atoms with Crippen molar-refractivity contribution in [2.24, 2.45) is 0 Å². The molecule has 2 aromatic carbocycles. The number of hydrogen-bond acceptors (Lipinski definition) is 2. The molecule has 2 N–H and O–H groups in total. The van der Waals surface area contributed by atoms with Crippen LogP contribution in [0.1, 0.15) is 29.2 Å². The van der Waals surface area contributed by atoms with E-state index in [4.69, 9.17) is 11.6 Å². The Hall–Kier alpha value is -1.84. The van der Waals surface area contributed by atoms with Crippen LogP contribution in [0.3, 0.4) is 0 Å². The van der Waals surface area contributed by atoms with Gasteiger partial charge >= 0.3 is 0 Å². The van der Waals surface area contributed by atoms with Crippen LogP contribution in [-0.2, 0) is 11.2 Å². The number of anilines is 1. The van der Waals surface area contributed by atoms with Crippen LogP contribution in [0.15, 0.2) is 42.5 Å². The van der Waals surface area contributed by atoms with Gasteiger partial charge in [0.15, 0.2) is 0 Å². The van der Waals surface area contributed by atoms with Crippen LogP contribution >= 0.6 is 11.6 Å². The van der Waals surface area contributed by atoms with Gasteiger partial charge in [-0.2, -0.15) is 0 Å². The quantitative estimate of drug-likeness (QED) is 0.903. The van der Waals surface area contributed by atoms with E-state index in [2.05, 4.69) is 28.8 Å². The number of amides is 1. The molecule has 1 aliphatic rings. The number of hydrogen-bond donors (Lipinski definition) is 2. The van der Waals surface area contributed by atoms with Crippen LogP contribution < -0.4 is 10.6 Å². The minimum absolute atomic E-state index is 0.00544. The SMILES string of the molecule is Cc1ccc(NC(=O)CC2NCCc3ccccc32)cc1Cl. The molecule has 0 aliphatic carbocycles. The maximum absolute atomic E-state index is 12.3. The molecule has 0 saturated carbocycles. The van der Waals surface area contributed by atoms with Gasteiger partial charge < -0.3 is 10.6 Å². The summed E-state index contributed by atoms with van der Waals surface area (Å²) < 4.78 is 0. The topological polar surface area (TPSA) is 41.1 Å². The lowest BCUT2D eigenvalue weighted by molar-refractivity contribution is -0.116. The van der Waals surface area contributed by atoms with E-state index < -0.39 is 0 Å². The van der Waals surface area contributed by atoms with Crippen molar-refractivity contribution < 1.29 is 4.79 Å². The Kier molecular flexibility index (Phi) is 4.46. The van der Waals surface area contributed by atoms with Crippen molar-refractivity contribution in [3.05, 3.63) is 64.2 Å². The van der Waals surface area contributed by atoms with Gasteiger partial charge in [-0.25, -0.2) is 0 Å². The fourth-order valence-electron chi connectivity index (χ4n) is 2.84. The summed E-state index contributed by atoms with van der Waals surface area (Å²) in [5.74, 6) is -0.00544. The van der Waals surface area contributed by atoms with Gasteiger partial charge in [0.2, 0.25) is 5.91 Å². The summed E-state index contributed by atoms with van der Waals surface area (Å²) in [5, 5.41) is 7.02. The van der Waals surface area contributed by atoms with Gasteiger partial charge in [0.25, 0.3) is 0 Å². The predicted octanol–water partition coefficient (Wildman–Crippen LogP) is 3.86. The first-order chi connectivity index (χ1) is 10.6. The van der Waals surface area contributed by atoms with Crippen LogP contribution in [0.25, 0.3) is 0 Å². The normalized spacial score (nSPS) is 16.9. The molecule has 114 valence electrons. The molecule has 0 spiro atoms. The predicted molar refractivity (Wildman–Crippen MR) is 90.3 cm³/mol. The third-order valence-electron chi connectivity index (χ3n) is 4.06. The largest absolute Gasteiger partial charge is 0.326 e. The highest BCUT2D eigenvalue weighted by atomic mass is 35.5. The van der Waals surface area contributed by atoms with Crippen molar-refractivity contribution in [3.63, 3.8) is 0 Å². The van der Waals surface area contributed by atoms with Crippen molar-refractivity contribution in [2.45, 2.75) is 25.8 Å². The zero-order valence-electron chi connectivity index (χ0n) is 12.5. The number of nitrogens with one attached hydrogen (secondary N) is 2. The molecule has 3 nitrogen and oxygen atoms in total. The summed E-state index contributed by atoms with van der Waals surface area (Å²) in [6.07, 6.45) is 1.43. The molecule has 1 heterocycles. The molecule has 1 unspecified atom stereocenters. The van der Waals surface area contributed by atoms with E-state index in [1.165, 1.54) is 11.1 Å². The molecule has 2 aromatic rings. The number of aryl methyl sites for hydroxylation is 1. The molecular formula is C18H19ClN2O. The molecule has 4 heteroatoms. The summed E-state index contributed by atoms with van der Waals surface area (Å²) in [5.41, 5.74) is 4.30. The second kappa shape index (κ2) is 6.51. The molecule has 1 atom stereocenters. The lowest BCUT2D eigenvalue weighted by atomic mass is 9.92. The second-order valence-electron chi connectivity index (χ2n) is 5.67. The molecule has 0 saturated heterocycles. The molecule has 1 amide bonds. The number of benzene rings is 2. The molecular weight excluding hydrogens is 296 g/mol. The van der Waals surface area contributed by atoms with Crippen LogP contribution in [0.2, 0.25) is 5.02 Å². The van der Waals surface area contributed by atoms with Crippen LogP contribution in [0.4, 0.5) is 5.69 Å². The zero-order chi connectivity index (χ0) is 15.5. The van der Waals surface area contributed by atoms with E-state index in [1.54, 1.807) is 6.07 Å². The maximum Gasteiger partial charge on any atom is 0.226 e. The van der Waals surface area contributed by atoms with Gasteiger partial charge in [-0.3, -0.25) is 4.79 Å². The molecule has 3 rings (SSSR count). The minimum atomic E-state index is -0.00544. The Morgan fingerprint density at radius 3 is 2.95 bits per heavy atom. The number of carbonyl (C=O) groups is 1. The minimum Gasteiger partial charge on any atom is -0.326 e. The number of carbonyl (C=O) groups excluding carboxylic acids is 1. The Balaban J connectivity index is 1.69. The fraction of sp³-hybridized carbons (Fsp3) is 0.278. The second-order valence-corrected chi connectivity index (χ2v) is 6.08. The number of fused-ring (bicyclic) bond motifs is 1. The highest BCUT2D eigenvalue weighted by molar-refractivity contribution is 6.31. The lowest BCUT2D eigenvalue weighted by Crippen LogP contribution is -2.32. The van der Waals surface area contributed by atoms with Gasteiger partial charge in [-0.05, 0) is 48.7 Å². The summed E-state index contributed by atoms with van der Waals surface area (Å²) in [6, 6.07) is 14.0. The van der Waals surface area contributed by atoms with Crippen molar-refractivity contribution >= 4 is 23.2 Å². The summed E-state index contributed by atoms with van der Waals surface area (Å²) >= 11 is 6.09. The van der Waals surface area contributed by atoms with E-state index >= 15 is 0 Å². The summed E-state index contributed by atoms with van der Waals surface area (Å²) in [7, 11) is 0. The standard InChI is InChI=1S/C18H19ClN2O/c1-12-6-7-14(10-16(12)19)21-18(22)11-17-15-5-3-2-4-13(15)8-9-20-17/h2-7,10,17,20H,8-9,11H2,1H3,(H,21,22). The van der Waals surface area contributed by atoms with Crippen molar-refractivity contribution in [1.29, 1.82) is 0 Å². The third kappa shape index (κ3) is 3.32. The maximum atomic E-state index is 12.3. The van der Waals surface area contributed by atoms with Crippen molar-refractivity contribution in [2.75, 3.05) is 11.9 Å². The summed E-state index contributed by atoms with van der Waals surface area (Å²) in [6.45, 7) is 2.85. The van der Waals surface area contributed by atoms with E-state index in [-0.39, 0.29) is 11.9 Å². The number of halogens is 1. The lowest BCUT2D eigenvalue weighted by Gasteiger charge is -2.26. The Morgan fingerprint density at radius 1 is 1.32 bits per heavy atom. The smallest absolute Gasteiger partial charge is 0.226 e. The Morgan fingerprint density at radius 2 is 2.14 bits per heavy atom. The summed E-state index contributed by atoms with van der Waals surface area (Å²) in [4.78, 5) is 12.3. The van der Waals surface area contributed by atoms with Crippen molar-refractivity contribution in [3.8, 4) is 0 Å². The van der Waals surface area contributed by atoms with Gasteiger partial charge in [-0.1, -0.05) is 41.9 Å². The monoisotopic (exact) mass is 314 g/mol. The van der Waals surface area contributed by atoms with Crippen LogP contribution in [0, 0.1) is 6.92 Å². The molecule has 0 radical (unpaired) electrons. The molecule has 0 bridgehead atoms. The first kappa shape index (κ1) is 15.1. The average molecular weight is 315 g/mol. The van der Waals surface area contributed by atoms with Gasteiger partial charge in [0.1, 0.15) is 0 Å². The first-order valence-corrected chi connectivity index (χ1v) is 7.88. The van der Waals surface area contributed by atoms with Gasteiger partial charge in [0, 0.05) is 23.2 Å². The van der Waals surface area contributed by atoms with Gasteiger partial charge in [0.05, 0.1) is 0 Å². The zero-order valence-corrected chi connectivity index (χ0v) is 13.3. The molecule has 1 aliphatic heterocycles. The van der Waals surface area contributed by atoms with E-state index in [0.29, 0.717) is 11.4 Å². The van der Waals surface area contributed by atoms with Crippen molar-refractivity contribution in [1.82, 2.24) is 5.32 Å². The average Bonchev–Trinajstić information content (AvgIpc) is 2.51. The Labute approximate surface area is 135 Å². The third-order valence-corrected chi connectivity index (χ3v) is 4.47. The highest BCUT2D eigenvalue weighted by Crippen LogP contribution is 2.26. The molecule has 22 heavy (non-hydrogen) atoms. The number of rotatable bonds is 3. The molecule has 0 aromatic heterocycles. The molecule has 0 fully saturated rings. The van der Waals surface area contributed by atoms with E-state index in [1.807, 2.05) is 25.1 Å². The Bertz CT molecular complexity index is 699. The van der Waals surface area contributed by atoms with E-state index in [9.17, 15) is 4.79 Å².